The van der Waals surface area contributed by atoms with E-state index >= 15 is 0 Å². The molecule has 1 atom stereocenters. The van der Waals surface area contributed by atoms with Gasteiger partial charge < -0.3 is 5.73 Å². The van der Waals surface area contributed by atoms with Gasteiger partial charge in [0.1, 0.15) is 0 Å². The molecule has 0 aromatic carbocycles. The van der Waals surface area contributed by atoms with E-state index in [4.69, 9.17) is 12.2 Å². The van der Waals surface area contributed by atoms with Crippen LogP contribution in [0.25, 0.3) is 0 Å². The summed E-state index contributed by atoms with van der Waals surface area (Å²) in [5.74, 6) is 2.01. The molecule has 0 spiro atoms. The first-order valence-corrected chi connectivity index (χ1v) is 2.99. The number of nitrogens with two attached hydrogens (primary N) is 1. The van der Waals surface area contributed by atoms with Crippen molar-refractivity contribution in [3.8, 4) is 12.3 Å². The van der Waals surface area contributed by atoms with Gasteiger partial charge in [-0.2, -0.15) is 0 Å². The largest absolute Gasteiger partial charge is 0.438 e. The molecule has 0 aliphatic rings. The highest BCUT2D eigenvalue weighted by Crippen LogP contribution is 2.04. The van der Waals surface area contributed by atoms with Crippen LogP contribution in [0.5, 0.6) is 0 Å². The Bertz CT molecular complexity index is 319. The van der Waals surface area contributed by atoms with Crippen LogP contribution in [0.2, 0.25) is 0 Å². The minimum absolute atomic E-state index is 0.285. The molecule has 1 rings (SSSR count). The third-order valence-electron chi connectivity index (χ3n) is 1.15. The van der Waals surface area contributed by atoms with E-state index in [1.165, 1.54) is 0 Å². The van der Waals surface area contributed by atoms with Crippen LogP contribution >= 0.6 is 0 Å². The minimum Gasteiger partial charge on any atom is -0.320 e. The van der Waals surface area contributed by atoms with Gasteiger partial charge >= 0.3 is 5.76 Å². The minimum atomic E-state index is -0.618. The van der Waals surface area contributed by atoms with Crippen molar-refractivity contribution in [2.45, 2.75) is 12.5 Å². The smallest absolute Gasteiger partial charge is 0.320 e. The SMILES string of the molecule is C#CCC(N)c1noc(=O)[nH]1. The normalized spacial score (nSPS) is 12.4. The van der Waals surface area contributed by atoms with Gasteiger partial charge in [-0.25, -0.2) is 4.79 Å². The fourth-order valence-electron chi connectivity index (χ4n) is 0.625. The predicted octanol–water partition coefficient (Wildman–Crippen LogP) is -0.614. The van der Waals surface area contributed by atoms with E-state index in [2.05, 4.69) is 20.6 Å². The van der Waals surface area contributed by atoms with Crippen LogP contribution in [0.15, 0.2) is 9.32 Å². The first-order valence-electron chi connectivity index (χ1n) is 2.99. The van der Waals surface area contributed by atoms with E-state index in [-0.39, 0.29) is 5.82 Å². The van der Waals surface area contributed by atoms with Gasteiger partial charge in [0, 0.05) is 6.42 Å². The highest BCUT2D eigenvalue weighted by molar-refractivity contribution is 4.97. The van der Waals surface area contributed by atoms with E-state index in [9.17, 15) is 4.79 Å². The van der Waals surface area contributed by atoms with Crippen LogP contribution in [0, 0.1) is 12.3 Å². The molecule has 0 saturated heterocycles. The number of H-pyrrole nitrogens is 1. The number of nitrogens with one attached hydrogen (secondary N) is 1. The van der Waals surface area contributed by atoms with Crippen molar-refractivity contribution < 1.29 is 4.52 Å². The van der Waals surface area contributed by atoms with Gasteiger partial charge in [-0.05, 0) is 0 Å². The van der Waals surface area contributed by atoms with E-state index in [0.717, 1.165) is 0 Å². The summed E-state index contributed by atoms with van der Waals surface area (Å²) in [4.78, 5) is 12.7. The van der Waals surface area contributed by atoms with Gasteiger partial charge in [-0.1, -0.05) is 5.16 Å². The van der Waals surface area contributed by atoms with Crippen molar-refractivity contribution in [2.24, 2.45) is 5.73 Å². The van der Waals surface area contributed by atoms with Crippen LogP contribution in [0.1, 0.15) is 18.3 Å². The van der Waals surface area contributed by atoms with Gasteiger partial charge in [0.05, 0.1) is 6.04 Å². The van der Waals surface area contributed by atoms with E-state index < -0.39 is 11.8 Å². The Labute approximate surface area is 62.6 Å². The maximum atomic E-state index is 10.4. The number of hydrogen-bond acceptors (Lipinski definition) is 4. The van der Waals surface area contributed by atoms with Gasteiger partial charge in [0.25, 0.3) is 0 Å². The molecule has 11 heavy (non-hydrogen) atoms. The quantitative estimate of drug-likeness (QED) is 0.555. The maximum Gasteiger partial charge on any atom is 0.438 e. The highest BCUT2D eigenvalue weighted by atomic mass is 16.5. The number of aromatic amines is 1. The Balaban J connectivity index is 2.78. The van der Waals surface area contributed by atoms with Crippen molar-refractivity contribution in [2.75, 3.05) is 0 Å². The lowest BCUT2D eigenvalue weighted by molar-refractivity contribution is 0.377. The van der Waals surface area contributed by atoms with Crippen LogP contribution in [0.3, 0.4) is 0 Å². The first kappa shape index (κ1) is 7.57. The number of nitrogens with zero attached hydrogens (tertiary/aromatic N) is 1. The molecule has 0 bridgehead atoms. The molecule has 0 aliphatic carbocycles. The molecule has 1 unspecified atom stereocenters. The first-order chi connectivity index (χ1) is 5.24. The van der Waals surface area contributed by atoms with Gasteiger partial charge in [-0.3, -0.25) is 9.51 Å². The highest BCUT2D eigenvalue weighted by Gasteiger charge is 2.08. The summed E-state index contributed by atoms with van der Waals surface area (Å²) in [6, 6.07) is -0.452. The van der Waals surface area contributed by atoms with E-state index in [1.807, 2.05) is 0 Å². The lowest BCUT2D eigenvalue weighted by Crippen LogP contribution is -2.12. The summed E-state index contributed by atoms with van der Waals surface area (Å²) in [6.07, 6.45) is 5.32. The summed E-state index contributed by atoms with van der Waals surface area (Å²) in [5, 5.41) is 3.37. The molecule has 58 valence electrons. The summed E-state index contributed by atoms with van der Waals surface area (Å²) in [5.41, 5.74) is 5.48. The molecular weight excluding hydrogens is 146 g/mol. The zero-order chi connectivity index (χ0) is 8.27. The maximum absolute atomic E-state index is 10.4. The monoisotopic (exact) mass is 153 g/mol. The molecular formula is C6H7N3O2. The van der Waals surface area contributed by atoms with Crippen LogP contribution in [-0.2, 0) is 0 Å². The second-order valence-corrected chi connectivity index (χ2v) is 2.00. The summed E-state index contributed by atoms with van der Waals surface area (Å²) in [7, 11) is 0. The van der Waals surface area contributed by atoms with E-state index in [0.29, 0.717) is 6.42 Å². The molecule has 5 nitrogen and oxygen atoms in total. The average molecular weight is 153 g/mol. The summed E-state index contributed by atoms with van der Waals surface area (Å²) < 4.78 is 4.22. The molecule has 0 amide bonds. The fourth-order valence-corrected chi connectivity index (χ4v) is 0.625. The van der Waals surface area contributed by atoms with Crippen LogP contribution in [-0.4, -0.2) is 10.1 Å². The van der Waals surface area contributed by atoms with E-state index in [1.54, 1.807) is 0 Å². The molecule has 3 N–H and O–H groups in total. The van der Waals surface area contributed by atoms with Crippen LogP contribution < -0.4 is 11.5 Å². The Morgan fingerprint density at radius 1 is 1.91 bits per heavy atom. The standard InChI is InChI=1S/C6H7N3O2/c1-2-3-4(7)5-8-6(10)11-9-5/h1,4H,3,7H2,(H,8,9,10). The van der Waals surface area contributed by atoms with Crippen LogP contribution in [0.4, 0.5) is 0 Å². The predicted molar refractivity (Wildman–Crippen MR) is 37.5 cm³/mol. The van der Waals surface area contributed by atoms with Gasteiger partial charge in [0.2, 0.25) is 0 Å². The summed E-state index contributed by atoms with van der Waals surface area (Å²) in [6.45, 7) is 0. The van der Waals surface area contributed by atoms with Crippen molar-refractivity contribution in [1.29, 1.82) is 0 Å². The molecule has 1 aromatic heterocycles. The molecule has 5 heteroatoms. The van der Waals surface area contributed by atoms with Crippen molar-refractivity contribution >= 4 is 0 Å². The fraction of sp³-hybridized carbons (Fsp3) is 0.333. The third-order valence-corrected chi connectivity index (χ3v) is 1.15. The van der Waals surface area contributed by atoms with Gasteiger partial charge in [0.15, 0.2) is 5.82 Å². The summed E-state index contributed by atoms with van der Waals surface area (Å²) >= 11 is 0. The Hall–Kier alpha value is -1.54. The zero-order valence-electron chi connectivity index (χ0n) is 5.70. The number of rotatable bonds is 2. The van der Waals surface area contributed by atoms with Crippen molar-refractivity contribution in [3.05, 3.63) is 16.4 Å². The van der Waals surface area contributed by atoms with Crippen molar-refractivity contribution in [3.63, 3.8) is 0 Å². The number of hydrogen-bond donors (Lipinski definition) is 2. The second kappa shape index (κ2) is 3.03. The number of aromatic nitrogens is 2. The molecule has 1 heterocycles. The third kappa shape index (κ3) is 1.69. The van der Waals surface area contributed by atoms with Crippen molar-refractivity contribution in [1.82, 2.24) is 10.1 Å². The molecule has 0 fully saturated rings. The molecule has 1 aromatic rings. The molecule has 0 radical (unpaired) electrons. The Morgan fingerprint density at radius 3 is 3.09 bits per heavy atom. The molecule has 0 saturated carbocycles. The lowest BCUT2D eigenvalue weighted by Gasteiger charge is -1.99. The molecule has 0 aliphatic heterocycles. The average Bonchev–Trinajstić information content (AvgIpc) is 2.36. The topological polar surface area (TPSA) is 84.9 Å². The Morgan fingerprint density at radius 2 is 2.64 bits per heavy atom. The lowest BCUT2D eigenvalue weighted by atomic mass is 10.2. The second-order valence-electron chi connectivity index (χ2n) is 2.00. The number of terminal acetylenes is 1. The Kier molecular flexibility index (Phi) is 2.09. The zero-order valence-corrected chi connectivity index (χ0v) is 5.70. The van der Waals surface area contributed by atoms with Gasteiger partial charge in [-0.15, -0.1) is 12.3 Å².